The summed E-state index contributed by atoms with van der Waals surface area (Å²) in [5.74, 6) is 0.399. The maximum atomic E-state index is 13.0. The summed E-state index contributed by atoms with van der Waals surface area (Å²) in [5, 5.41) is 2.91. The van der Waals surface area contributed by atoms with E-state index in [4.69, 9.17) is 0 Å². The highest BCUT2D eigenvalue weighted by molar-refractivity contribution is 6.15. The van der Waals surface area contributed by atoms with Gasteiger partial charge in [0, 0.05) is 24.1 Å². The van der Waals surface area contributed by atoms with Crippen molar-refractivity contribution in [2.24, 2.45) is 0 Å². The molecular weight excluding hydrogens is 374 g/mol. The first-order valence-corrected chi connectivity index (χ1v) is 9.96. The van der Waals surface area contributed by atoms with Crippen LogP contribution in [0.2, 0.25) is 0 Å². The van der Waals surface area contributed by atoms with Gasteiger partial charge in [-0.25, -0.2) is 4.98 Å². The van der Waals surface area contributed by atoms with Gasteiger partial charge in [-0.15, -0.1) is 0 Å². The number of carbonyl (C=O) groups excluding carboxylic acids is 2. The van der Waals surface area contributed by atoms with Crippen molar-refractivity contribution in [3.63, 3.8) is 0 Å². The smallest absolute Gasteiger partial charge is 0.252 e. The maximum Gasteiger partial charge on any atom is 0.252 e. The molecule has 0 unspecified atom stereocenters. The van der Waals surface area contributed by atoms with Crippen molar-refractivity contribution in [1.29, 1.82) is 0 Å². The van der Waals surface area contributed by atoms with Gasteiger partial charge >= 0.3 is 0 Å². The number of amides is 1. The number of aryl methyl sites for hydroxylation is 2. The molecule has 4 aromatic rings. The minimum atomic E-state index is -0.265. The van der Waals surface area contributed by atoms with E-state index in [0.29, 0.717) is 29.7 Å². The lowest BCUT2D eigenvalue weighted by Gasteiger charge is -2.10. The number of aromatic nitrogens is 2. The van der Waals surface area contributed by atoms with Crippen molar-refractivity contribution in [2.45, 2.75) is 20.3 Å². The van der Waals surface area contributed by atoms with Crippen LogP contribution in [0.15, 0.2) is 66.7 Å². The highest BCUT2D eigenvalue weighted by atomic mass is 16.2. The van der Waals surface area contributed by atoms with E-state index in [9.17, 15) is 9.59 Å². The zero-order valence-corrected chi connectivity index (χ0v) is 17.0. The van der Waals surface area contributed by atoms with Crippen molar-refractivity contribution in [1.82, 2.24) is 15.3 Å². The van der Waals surface area contributed by atoms with Crippen LogP contribution < -0.4 is 5.32 Å². The SMILES string of the molecule is Cc1ccc(C(=O)c2ccccc2C(=O)NCCc2nc3ccccc3[nH]2)cc1C. The summed E-state index contributed by atoms with van der Waals surface area (Å²) < 4.78 is 0. The minimum Gasteiger partial charge on any atom is -0.352 e. The van der Waals surface area contributed by atoms with Crippen molar-refractivity contribution in [2.75, 3.05) is 6.54 Å². The minimum absolute atomic E-state index is 0.152. The highest BCUT2D eigenvalue weighted by Crippen LogP contribution is 2.18. The number of para-hydroxylation sites is 2. The Morgan fingerprint density at radius 1 is 0.900 bits per heavy atom. The molecule has 4 rings (SSSR count). The Labute approximate surface area is 175 Å². The predicted molar refractivity (Wildman–Crippen MR) is 118 cm³/mol. The van der Waals surface area contributed by atoms with Gasteiger partial charge in [0.15, 0.2) is 5.78 Å². The Morgan fingerprint density at radius 3 is 2.40 bits per heavy atom. The molecular formula is C25H23N3O2. The molecule has 0 spiro atoms. The standard InChI is InChI=1S/C25H23N3O2/c1-16-11-12-18(15-17(16)2)24(29)19-7-3-4-8-20(19)25(30)26-14-13-23-27-21-9-5-6-10-22(21)28-23/h3-12,15H,13-14H2,1-2H3,(H,26,30)(H,27,28). The van der Waals surface area contributed by atoms with Gasteiger partial charge in [0.25, 0.3) is 5.91 Å². The van der Waals surface area contributed by atoms with Gasteiger partial charge in [0.2, 0.25) is 0 Å². The molecule has 0 radical (unpaired) electrons. The molecule has 30 heavy (non-hydrogen) atoms. The molecule has 0 fully saturated rings. The molecule has 0 aliphatic rings. The first-order chi connectivity index (χ1) is 14.5. The largest absolute Gasteiger partial charge is 0.352 e. The van der Waals surface area contributed by atoms with Gasteiger partial charge in [-0.2, -0.15) is 0 Å². The molecule has 0 aliphatic heterocycles. The molecule has 0 saturated carbocycles. The number of aromatic amines is 1. The second-order valence-electron chi connectivity index (χ2n) is 7.38. The fourth-order valence-corrected chi connectivity index (χ4v) is 3.43. The van der Waals surface area contributed by atoms with Crippen LogP contribution in [0, 0.1) is 13.8 Å². The molecule has 3 aromatic carbocycles. The number of imidazole rings is 1. The van der Waals surface area contributed by atoms with Crippen LogP contribution in [0.4, 0.5) is 0 Å². The molecule has 0 atom stereocenters. The van der Waals surface area contributed by atoms with Gasteiger partial charge in [-0.1, -0.05) is 42.5 Å². The molecule has 1 amide bonds. The summed E-state index contributed by atoms with van der Waals surface area (Å²) in [6.45, 7) is 4.40. The molecule has 0 bridgehead atoms. The van der Waals surface area contributed by atoms with Gasteiger partial charge in [-0.05, 0) is 49.2 Å². The molecule has 0 aliphatic carbocycles. The summed E-state index contributed by atoms with van der Waals surface area (Å²) in [5.41, 5.74) is 5.43. The first-order valence-electron chi connectivity index (χ1n) is 9.96. The van der Waals surface area contributed by atoms with Crippen molar-refractivity contribution in [3.05, 3.63) is 100 Å². The van der Waals surface area contributed by atoms with Gasteiger partial charge < -0.3 is 10.3 Å². The lowest BCUT2D eigenvalue weighted by atomic mass is 9.95. The Kier molecular flexibility index (Phi) is 5.44. The highest BCUT2D eigenvalue weighted by Gasteiger charge is 2.18. The van der Waals surface area contributed by atoms with Crippen LogP contribution in [0.25, 0.3) is 11.0 Å². The number of nitrogens with zero attached hydrogens (tertiary/aromatic N) is 1. The van der Waals surface area contributed by atoms with E-state index < -0.39 is 0 Å². The number of benzene rings is 3. The van der Waals surface area contributed by atoms with E-state index in [1.807, 2.05) is 50.2 Å². The van der Waals surface area contributed by atoms with Crippen LogP contribution in [-0.2, 0) is 6.42 Å². The topological polar surface area (TPSA) is 74.8 Å². The summed E-state index contributed by atoms with van der Waals surface area (Å²) >= 11 is 0. The Hall–Kier alpha value is -3.73. The average Bonchev–Trinajstić information content (AvgIpc) is 3.18. The number of fused-ring (bicyclic) bond motifs is 1. The summed E-state index contributed by atoms with van der Waals surface area (Å²) in [4.78, 5) is 33.6. The van der Waals surface area contributed by atoms with Crippen LogP contribution in [0.5, 0.6) is 0 Å². The molecule has 1 heterocycles. The van der Waals surface area contributed by atoms with Gasteiger partial charge in [-0.3, -0.25) is 9.59 Å². The van der Waals surface area contributed by atoms with Crippen LogP contribution >= 0.6 is 0 Å². The molecule has 150 valence electrons. The second-order valence-corrected chi connectivity index (χ2v) is 7.38. The van der Waals surface area contributed by atoms with Gasteiger partial charge in [0.05, 0.1) is 16.6 Å². The lowest BCUT2D eigenvalue weighted by molar-refractivity contribution is 0.0942. The van der Waals surface area contributed by atoms with Crippen LogP contribution in [0.3, 0.4) is 0 Å². The van der Waals surface area contributed by atoms with E-state index in [0.717, 1.165) is 28.0 Å². The molecule has 5 heteroatoms. The number of hydrogen-bond donors (Lipinski definition) is 2. The average molecular weight is 397 g/mol. The van der Waals surface area contributed by atoms with Crippen molar-refractivity contribution >= 4 is 22.7 Å². The number of nitrogens with one attached hydrogen (secondary N) is 2. The predicted octanol–water partition coefficient (Wildman–Crippen LogP) is 4.38. The third-order valence-corrected chi connectivity index (χ3v) is 5.27. The second kappa shape index (κ2) is 8.33. The van der Waals surface area contributed by atoms with E-state index in [1.54, 1.807) is 30.3 Å². The van der Waals surface area contributed by atoms with Gasteiger partial charge in [0.1, 0.15) is 5.82 Å². The molecule has 2 N–H and O–H groups in total. The molecule has 1 aromatic heterocycles. The van der Waals surface area contributed by atoms with Crippen molar-refractivity contribution in [3.8, 4) is 0 Å². The summed E-state index contributed by atoms with van der Waals surface area (Å²) in [6.07, 6.45) is 0.577. The Balaban J connectivity index is 1.47. The zero-order chi connectivity index (χ0) is 21.1. The van der Waals surface area contributed by atoms with E-state index in [1.165, 1.54) is 0 Å². The molecule has 5 nitrogen and oxygen atoms in total. The Morgan fingerprint density at radius 2 is 1.63 bits per heavy atom. The number of ketones is 1. The summed E-state index contributed by atoms with van der Waals surface area (Å²) in [6, 6.07) is 20.4. The van der Waals surface area contributed by atoms with Crippen LogP contribution in [-0.4, -0.2) is 28.2 Å². The monoisotopic (exact) mass is 397 g/mol. The zero-order valence-electron chi connectivity index (χ0n) is 17.0. The third-order valence-electron chi connectivity index (χ3n) is 5.27. The lowest BCUT2D eigenvalue weighted by Crippen LogP contribution is -2.27. The van der Waals surface area contributed by atoms with E-state index in [2.05, 4.69) is 15.3 Å². The number of carbonyl (C=O) groups is 2. The summed E-state index contributed by atoms with van der Waals surface area (Å²) in [7, 11) is 0. The number of H-pyrrole nitrogens is 1. The van der Waals surface area contributed by atoms with E-state index in [-0.39, 0.29) is 11.7 Å². The molecule has 0 saturated heterocycles. The number of rotatable bonds is 6. The quantitative estimate of drug-likeness (QED) is 0.474. The third kappa shape index (κ3) is 4.01. The number of hydrogen-bond acceptors (Lipinski definition) is 3. The fraction of sp³-hybridized carbons (Fsp3) is 0.160. The maximum absolute atomic E-state index is 13.0. The Bertz CT molecular complexity index is 1210. The van der Waals surface area contributed by atoms with Crippen LogP contribution in [0.1, 0.15) is 43.2 Å². The normalized spacial score (nSPS) is 10.9. The first kappa shape index (κ1) is 19.6. The fourth-order valence-electron chi connectivity index (χ4n) is 3.43. The van der Waals surface area contributed by atoms with E-state index >= 15 is 0 Å². The van der Waals surface area contributed by atoms with Crippen molar-refractivity contribution < 1.29 is 9.59 Å².